The topological polar surface area (TPSA) is 160 Å². The molecule has 5 rings (SSSR count). The highest BCUT2D eigenvalue weighted by atomic mass is 35.5. The summed E-state index contributed by atoms with van der Waals surface area (Å²) in [4.78, 5) is 25.3. The number of anilines is 1. The van der Waals surface area contributed by atoms with E-state index in [0.29, 0.717) is 66.6 Å². The standard InChI is InChI=1S/C33H46ClFN4O7/c34-24-15-36-33(37-16-24)38-9-6-21(7-10-38)26-12-22(26)8-11-46-25-5-4-23(27(35)14-25)13-30(43)39-17-20(18-39)2-1-3-28(41)31(44)32(45)29(42)19-40/h4-5,14-16,20-22,26,28-29,31-32,40-42,44-45H,1-3,6-13,17-19H2/t22-,26-,28+,29-,31-,32-/m1/s1. The number of aromatic nitrogens is 2. The van der Waals surface area contributed by atoms with Crippen LogP contribution in [0.5, 0.6) is 5.75 Å². The van der Waals surface area contributed by atoms with E-state index in [1.807, 2.05) is 0 Å². The summed E-state index contributed by atoms with van der Waals surface area (Å²) in [6.07, 6.45) is 3.18. The molecule has 1 aliphatic carbocycles. The van der Waals surface area contributed by atoms with Crippen LogP contribution in [0.4, 0.5) is 10.3 Å². The minimum absolute atomic E-state index is 0.0263. The number of nitrogens with zero attached hydrogens (tertiary/aromatic N) is 4. The van der Waals surface area contributed by atoms with Gasteiger partial charge in [-0.3, -0.25) is 4.79 Å². The van der Waals surface area contributed by atoms with Crippen molar-refractivity contribution in [3.63, 3.8) is 0 Å². The highest BCUT2D eigenvalue weighted by molar-refractivity contribution is 6.30. The zero-order valence-corrected chi connectivity index (χ0v) is 26.8. The van der Waals surface area contributed by atoms with Crippen LogP contribution in [-0.2, 0) is 11.2 Å². The third kappa shape index (κ3) is 9.05. The molecule has 0 spiro atoms. The number of hydrogen-bond acceptors (Lipinski definition) is 10. The predicted molar refractivity (Wildman–Crippen MR) is 169 cm³/mol. The van der Waals surface area contributed by atoms with Gasteiger partial charge in [0.1, 0.15) is 29.9 Å². The molecule has 3 aliphatic rings. The number of halogens is 2. The van der Waals surface area contributed by atoms with Crippen molar-refractivity contribution in [3.05, 3.63) is 47.0 Å². The van der Waals surface area contributed by atoms with E-state index in [0.717, 1.165) is 38.3 Å². The molecular weight excluding hydrogens is 619 g/mol. The summed E-state index contributed by atoms with van der Waals surface area (Å²) < 4.78 is 20.7. The lowest BCUT2D eigenvalue weighted by Crippen LogP contribution is -2.50. The van der Waals surface area contributed by atoms with Crippen LogP contribution in [0, 0.1) is 29.5 Å². The van der Waals surface area contributed by atoms with Crippen LogP contribution < -0.4 is 9.64 Å². The molecule has 3 heterocycles. The molecule has 3 fully saturated rings. The SMILES string of the molecule is O=C(Cc1ccc(OCC[C@@H]2C[C@@H]2C2CCN(c3ncc(Cl)cn3)CC2)cc1F)N1CC(CCC[C@H](O)[C@@H](O)[C@H](O)[C@H](O)CO)C1. The Balaban J connectivity index is 0.943. The Morgan fingerprint density at radius 2 is 1.74 bits per heavy atom. The smallest absolute Gasteiger partial charge is 0.227 e. The molecule has 1 saturated carbocycles. The lowest BCUT2D eigenvalue weighted by molar-refractivity contribution is -0.137. The summed E-state index contributed by atoms with van der Waals surface area (Å²) in [5.41, 5.74) is 0.333. The molecule has 13 heteroatoms. The molecule has 11 nitrogen and oxygen atoms in total. The van der Waals surface area contributed by atoms with Crippen molar-refractivity contribution < 1.29 is 39.5 Å². The van der Waals surface area contributed by atoms with Gasteiger partial charge in [0, 0.05) is 32.2 Å². The quantitative estimate of drug-likeness (QED) is 0.180. The average Bonchev–Trinajstić information content (AvgIpc) is 3.82. The van der Waals surface area contributed by atoms with Gasteiger partial charge in [-0.15, -0.1) is 0 Å². The summed E-state index contributed by atoms with van der Waals surface area (Å²) in [6.45, 7) is 2.80. The maximum atomic E-state index is 14.8. The highest BCUT2D eigenvalue weighted by Gasteiger charge is 2.43. The van der Waals surface area contributed by atoms with E-state index >= 15 is 0 Å². The molecule has 2 saturated heterocycles. The van der Waals surface area contributed by atoms with Gasteiger partial charge in [0.15, 0.2) is 0 Å². The van der Waals surface area contributed by atoms with E-state index in [2.05, 4.69) is 14.9 Å². The molecule has 0 unspecified atom stereocenters. The van der Waals surface area contributed by atoms with Crippen molar-refractivity contribution in [2.45, 2.75) is 75.8 Å². The van der Waals surface area contributed by atoms with Gasteiger partial charge in [0.05, 0.1) is 43.2 Å². The van der Waals surface area contributed by atoms with Crippen LogP contribution in [0.2, 0.25) is 5.02 Å². The molecule has 1 amide bonds. The second kappa shape index (κ2) is 16.0. The summed E-state index contributed by atoms with van der Waals surface area (Å²) in [5.74, 6) is 2.90. The van der Waals surface area contributed by atoms with Gasteiger partial charge in [0.25, 0.3) is 0 Å². The lowest BCUT2D eigenvalue weighted by atomic mass is 9.90. The Hall–Kier alpha value is -2.61. The van der Waals surface area contributed by atoms with Crippen LogP contribution in [0.3, 0.4) is 0 Å². The average molecular weight is 665 g/mol. The minimum atomic E-state index is -1.63. The first-order valence-electron chi connectivity index (χ1n) is 16.4. The molecule has 2 aliphatic heterocycles. The number of hydrogen-bond donors (Lipinski definition) is 5. The van der Waals surface area contributed by atoms with Crippen molar-refractivity contribution in [3.8, 4) is 5.75 Å². The van der Waals surface area contributed by atoms with Crippen molar-refractivity contribution in [2.24, 2.45) is 23.7 Å². The van der Waals surface area contributed by atoms with Crippen LogP contribution in [0.25, 0.3) is 0 Å². The van der Waals surface area contributed by atoms with Crippen molar-refractivity contribution in [1.82, 2.24) is 14.9 Å². The Bertz CT molecular complexity index is 1280. The van der Waals surface area contributed by atoms with E-state index in [1.165, 1.54) is 12.5 Å². The van der Waals surface area contributed by atoms with Gasteiger partial charge in [-0.1, -0.05) is 24.1 Å². The maximum Gasteiger partial charge on any atom is 0.227 e. The zero-order chi connectivity index (χ0) is 32.8. The summed E-state index contributed by atoms with van der Waals surface area (Å²) in [7, 11) is 0. The van der Waals surface area contributed by atoms with Crippen LogP contribution in [0.15, 0.2) is 30.6 Å². The van der Waals surface area contributed by atoms with E-state index < -0.39 is 36.8 Å². The second-order valence-electron chi connectivity index (χ2n) is 13.1. The van der Waals surface area contributed by atoms with Crippen LogP contribution >= 0.6 is 11.6 Å². The van der Waals surface area contributed by atoms with Crippen LogP contribution in [0.1, 0.15) is 50.5 Å². The number of ether oxygens (including phenoxy) is 1. The van der Waals surface area contributed by atoms with Gasteiger partial charge < -0.3 is 40.1 Å². The normalized spacial score (nSPS) is 23.0. The third-order valence-corrected chi connectivity index (χ3v) is 10.1. The van der Waals surface area contributed by atoms with E-state index in [1.54, 1.807) is 29.4 Å². The number of aliphatic hydroxyl groups excluding tert-OH is 5. The first-order valence-corrected chi connectivity index (χ1v) is 16.7. The molecule has 254 valence electrons. The fraction of sp³-hybridized carbons (Fsp3) is 0.667. The van der Waals surface area contributed by atoms with Crippen molar-refractivity contribution >= 4 is 23.5 Å². The number of piperidine rings is 1. The number of carbonyl (C=O) groups is 1. The number of benzene rings is 1. The monoisotopic (exact) mass is 664 g/mol. The Morgan fingerprint density at radius 1 is 1.04 bits per heavy atom. The first kappa shape index (κ1) is 34.7. The lowest BCUT2D eigenvalue weighted by Gasteiger charge is -2.39. The number of aliphatic hydroxyl groups is 5. The summed E-state index contributed by atoms with van der Waals surface area (Å²) >= 11 is 5.90. The molecular formula is C33H46ClFN4O7. The van der Waals surface area contributed by atoms with Crippen molar-refractivity contribution in [1.29, 1.82) is 0 Å². The Labute approximate surface area is 274 Å². The molecule has 5 N–H and O–H groups in total. The minimum Gasteiger partial charge on any atom is -0.493 e. The van der Waals surface area contributed by atoms with Gasteiger partial charge >= 0.3 is 0 Å². The van der Waals surface area contributed by atoms with Gasteiger partial charge in [-0.2, -0.15) is 0 Å². The number of rotatable bonds is 16. The molecule has 1 aromatic carbocycles. The number of carbonyl (C=O) groups excluding carboxylic acids is 1. The zero-order valence-electron chi connectivity index (χ0n) is 26.0. The van der Waals surface area contributed by atoms with Crippen LogP contribution in [-0.4, -0.2) is 110 Å². The first-order chi connectivity index (χ1) is 22.1. The molecule has 6 atom stereocenters. The summed E-state index contributed by atoms with van der Waals surface area (Å²) in [6, 6.07) is 4.70. The van der Waals surface area contributed by atoms with Gasteiger partial charge in [-0.05, 0) is 73.8 Å². The second-order valence-corrected chi connectivity index (χ2v) is 13.6. The van der Waals surface area contributed by atoms with Gasteiger partial charge in [-0.25, -0.2) is 14.4 Å². The van der Waals surface area contributed by atoms with E-state index in [-0.39, 0.29) is 24.7 Å². The molecule has 1 aromatic heterocycles. The summed E-state index contributed by atoms with van der Waals surface area (Å²) in [5, 5.41) is 48.5. The molecule has 0 radical (unpaired) electrons. The molecule has 0 bridgehead atoms. The highest BCUT2D eigenvalue weighted by Crippen LogP contribution is 2.50. The Kier molecular flexibility index (Phi) is 12.1. The molecule has 46 heavy (non-hydrogen) atoms. The Morgan fingerprint density at radius 3 is 2.41 bits per heavy atom. The molecule has 2 aromatic rings. The number of likely N-dealkylation sites (tertiary alicyclic amines) is 1. The largest absolute Gasteiger partial charge is 0.493 e. The van der Waals surface area contributed by atoms with E-state index in [9.17, 15) is 29.6 Å². The van der Waals surface area contributed by atoms with Crippen molar-refractivity contribution in [2.75, 3.05) is 44.3 Å². The van der Waals surface area contributed by atoms with E-state index in [4.69, 9.17) is 21.4 Å². The third-order valence-electron chi connectivity index (χ3n) is 9.88. The fourth-order valence-electron chi connectivity index (χ4n) is 6.85. The predicted octanol–water partition coefficient (Wildman–Crippen LogP) is 2.20. The fourth-order valence-corrected chi connectivity index (χ4v) is 6.94. The maximum absolute atomic E-state index is 14.8. The van der Waals surface area contributed by atoms with Gasteiger partial charge in [0.2, 0.25) is 11.9 Å². The number of amides is 1.